The van der Waals surface area contributed by atoms with Crippen molar-refractivity contribution in [3.63, 3.8) is 0 Å². The molecule has 0 saturated heterocycles. The van der Waals surface area contributed by atoms with Crippen LogP contribution in [0.1, 0.15) is 27.2 Å². The van der Waals surface area contributed by atoms with E-state index in [2.05, 4.69) is 4.98 Å². The molecular weight excluding hydrogens is 253 g/mol. The molecule has 1 aromatic carbocycles. The Morgan fingerprint density at radius 2 is 1.94 bits per heavy atom. The minimum absolute atomic E-state index is 0.158. The number of hydrogen-bond donors (Lipinski definition) is 0. The van der Waals surface area contributed by atoms with Gasteiger partial charge in [-0.25, -0.2) is 9.37 Å². The number of carbonyl (C=O) groups is 1. The summed E-state index contributed by atoms with van der Waals surface area (Å²) in [4.78, 5) is 16.2. The van der Waals surface area contributed by atoms with E-state index in [9.17, 15) is 9.18 Å². The Morgan fingerprint density at radius 3 is 2.78 bits per heavy atom. The van der Waals surface area contributed by atoms with Gasteiger partial charge in [0.2, 0.25) is 5.78 Å². The van der Waals surface area contributed by atoms with Crippen LogP contribution in [0.3, 0.4) is 0 Å². The maximum Gasteiger partial charge on any atom is 0.211 e. The molecule has 1 aliphatic carbocycles. The standard InChI is InChI=1S/C14H9ClFNO/c15-10-3-4-12-8(5-10)1-2-9-6-11(16)7-17-13(9)14(12)18/h3-7H,1-2H2. The van der Waals surface area contributed by atoms with E-state index in [1.807, 2.05) is 0 Å². The molecule has 18 heavy (non-hydrogen) atoms. The zero-order valence-electron chi connectivity index (χ0n) is 9.41. The highest BCUT2D eigenvalue weighted by Crippen LogP contribution is 2.25. The first-order chi connectivity index (χ1) is 8.65. The van der Waals surface area contributed by atoms with Crippen molar-refractivity contribution in [2.45, 2.75) is 12.8 Å². The molecule has 0 bridgehead atoms. The predicted molar refractivity (Wildman–Crippen MR) is 66.5 cm³/mol. The van der Waals surface area contributed by atoms with Gasteiger partial charge in [-0.15, -0.1) is 0 Å². The zero-order valence-corrected chi connectivity index (χ0v) is 10.2. The summed E-state index contributed by atoms with van der Waals surface area (Å²) in [5, 5.41) is 0.603. The lowest BCUT2D eigenvalue weighted by molar-refractivity contribution is 0.103. The van der Waals surface area contributed by atoms with Crippen molar-refractivity contribution in [3.05, 3.63) is 63.7 Å². The highest BCUT2D eigenvalue weighted by molar-refractivity contribution is 6.30. The number of rotatable bonds is 0. The first-order valence-corrected chi connectivity index (χ1v) is 6.00. The van der Waals surface area contributed by atoms with Crippen molar-refractivity contribution in [2.75, 3.05) is 0 Å². The Bertz CT molecular complexity index is 599. The second-order valence-electron chi connectivity index (χ2n) is 4.29. The summed E-state index contributed by atoms with van der Waals surface area (Å²) in [6.07, 6.45) is 2.34. The third-order valence-electron chi connectivity index (χ3n) is 3.12. The molecule has 0 fully saturated rings. The largest absolute Gasteiger partial charge is 0.287 e. The zero-order chi connectivity index (χ0) is 12.7. The summed E-state index contributed by atoms with van der Waals surface area (Å²) >= 11 is 5.93. The highest BCUT2D eigenvalue weighted by atomic mass is 35.5. The molecule has 0 amide bonds. The topological polar surface area (TPSA) is 30.0 Å². The first kappa shape index (κ1) is 11.4. The number of fused-ring (bicyclic) bond motifs is 2. The molecule has 0 aliphatic heterocycles. The fraction of sp³-hybridized carbons (Fsp3) is 0.143. The van der Waals surface area contributed by atoms with Crippen LogP contribution in [0.5, 0.6) is 0 Å². The van der Waals surface area contributed by atoms with Gasteiger partial charge in [-0.2, -0.15) is 0 Å². The van der Waals surface area contributed by atoms with Crippen molar-refractivity contribution in [2.24, 2.45) is 0 Å². The summed E-state index contributed by atoms with van der Waals surface area (Å²) in [7, 11) is 0. The third-order valence-corrected chi connectivity index (χ3v) is 3.36. The number of hydrogen-bond acceptors (Lipinski definition) is 2. The number of halogens is 2. The highest BCUT2D eigenvalue weighted by Gasteiger charge is 2.22. The number of aryl methyl sites for hydroxylation is 2. The number of pyridine rings is 1. The van der Waals surface area contributed by atoms with Crippen LogP contribution in [0, 0.1) is 5.82 Å². The lowest BCUT2D eigenvalue weighted by atomic mass is 10.0. The molecule has 2 nitrogen and oxygen atoms in total. The van der Waals surface area contributed by atoms with E-state index in [0.717, 1.165) is 11.8 Å². The lowest BCUT2D eigenvalue weighted by Gasteiger charge is -2.04. The molecule has 0 atom stereocenters. The van der Waals surface area contributed by atoms with Crippen LogP contribution in [0.4, 0.5) is 4.39 Å². The van der Waals surface area contributed by atoms with Crippen LogP contribution in [-0.4, -0.2) is 10.8 Å². The van der Waals surface area contributed by atoms with Gasteiger partial charge < -0.3 is 0 Å². The molecule has 1 heterocycles. The quantitative estimate of drug-likeness (QED) is 0.729. The molecule has 1 aliphatic rings. The van der Waals surface area contributed by atoms with Gasteiger partial charge in [0.15, 0.2) is 0 Å². The number of aromatic nitrogens is 1. The smallest absolute Gasteiger partial charge is 0.211 e. The van der Waals surface area contributed by atoms with Crippen molar-refractivity contribution in [1.82, 2.24) is 4.98 Å². The van der Waals surface area contributed by atoms with Crippen LogP contribution in [0.15, 0.2) is 30.5 Å². The summed E-state index contributed by atoms with van der Waals surface area (Å²) in [6.45, 7) is 0. The van der Waals surface area contributed by atoms with Crippen LogP contribution in [0.25, 0.3) is 0 Å². The molecule has 90 valence electrons. The summed E-state index contributed by atoms with van der Waals surface area (Å²) in [5.41, 5.74) is 2.51. The van der Waals surface area contributed by atoms with Gasteiger partial charge in [-0.05, 0) is 48.2 Å². The average molecular weight is 262 g/mol. The van der Waals surface area contributed by atoms with Crippen molar-refractivity contribution < 1.29 is 9.18 Å². The number of benzene rings is 1. The van der Waals surface area contributed by atoms with E-state index in [1.54, 1.807) is 18.2 Å². The maximum absolute atomic E-state index is 13.2. The van der Waals surface area contributed by atoms with Gasteiger partial charge in [0.25, 0.3) is 0 Å². The molecule has 0 saturated carbocycles. The fourth-order valence-corrected chi connectivity index (χ4v) is 2.46. The van der Waals surface area contributed by atoms with E-state index in [0.29, 0.717) is 34.7 Å². The monoisotopic (exact) mass is 261 g/mol. The van der Waals surface area contributed by atoms with Gasteiger partial charge in [-0.1, -0.05) is 11.6 Å². The predicted octanol–water partition coefficient (Wildman–Crippen LogP) is 3.20. The Kier molecular flexibility index (Phi) is 2.63. The van der Waals surface area contributed by atoms with Crippen molar-refractivity contribution >= 4 is 17.4 Å². The van der Waals surface area contributed by atoms with Gasteiger partial charge in [-0.3, -0.25) is 4.79 Å². The Balaban J connectivity index is 2.18. The lowest BCUT2D eigenvalue weighted by Crippen LogP contribution is -2.07. The molecule has 0 unspecified atom stereocenters. The molecule has 1 aromatic heterocycles. The molecule has 2 aromatic rings. The number of nitrogens with zero attached hydrogens (tertiary/aromatic N) is 1. The van der Waals surface area contributed by atoms with Crippen molar-refractivity contribution in [1.29, 1.82) is 0 Å². The Morgan fingerprint density at radius 1 is 1.17 bits per heavy atom. The molecule has 0 N–H and O–H groups in total. The van der Waals surface area contributed by atoms with E-state index < -0.39 is 5.82 Å². The van der Waals surface area contributed by atoms with Crippen LogP contribution < -0.4 is 0 Å². The van der Waals surface area contributed by atoms with E-state index in [1.165, 1.54) is 6.07 Å². The third kappa shape index (κ3) is 1.81. The van der Waals surface area contributed by atoms with Gasteiger partial charge in [0, 0.05) is 10.6 Å². The Labute approximate surface area is 108 Å². The van der Waals surface area contributed by atoms with Gasteiger partial charge in [0.05, 0.1) is 6.20 Å². The minimum atomic E-state index is -0.412. The van der Waals surface area contributed by atoms with Crippen molar-refractivity contribution in [3.8, 4) is 0 Å². The van der Waals surface area contributed by atoms with E-state index in [4.69, 9.17) is 11.6 Å². The normalized spacial score (nSPS) is 13.8. The molecule has 4 heteroatoms. The summed E-state index contributed by atoms with van der Waals surface area (Å²) < 4.78 is 13.2. The average Bonchev–Trinajstić information content (AvgIpc) is 2.47. The summed E-state index contributed by atoms with van der Waals surface area (Å²) in [6, 6.07) is 6.57. The first-order valence-electron chi connectivity index (χ1n) is 5.63. The van der Waals surface area contributed by atoms with Crippen LogP contribution in [0.2, 0.25) is 5.02 Å². The second-order valence-corrected chi connectivity index (χ2v) is 4.73. The molecule has 0 radical (unpaired) electrons. The Hall–Kier alpha value is -1.74. The minimum Gasteiger partial charge on any atom is -0.287 e. The molecule has 3 rings (SSSR count). The number of ketones is 1. The van der Waals surface area contributed by atoms with Crippen LogP contribution in [-0.2, 0) is 12.8 Å². The maximum atomic E-state index is 13.2. The van der Waals surface area contributed by atoms with Crippen LogP contribution >= 0.6 is 11.6 Å². The molecular formula is C14H9ClFNO. The second kappa shape index (κ2) is 4.18. The SMILES string of the molecule is O=C1c2ccc(Cl)cc2CCc2cc(F)cnc21. The van der Waals surface area contributed by atoms with Gasteiger partial charge >= 0.3 is 0 Å². The fourth-order valence-electron chi connectivity index (χ4n) is 2.26. The van der Waals surface area contributed by atoms with E-state index >= 15 is 0 Å². The van der Waals surface area contributed by atoms with E-state index in [-0.39, 0.29) is 5.78 Å². The number of carbonyl (C=O) groups excluding carboxylic acids is 1. The van der Waals surface area contributed by atoms with Gasteiger partial charge in [0.1, 0.15) is 11.5 Å². The summed E-state index contributed by atoms with van der Waals surface area (Å²) in [5.74, 6) is -0.570. The molecule has 0 spiro atoms.